The molecule has 0 aliphatic rings. The fraction of sp³-hybridized carbons (Fsp3) is 1.00. The summed E-state index contributed by atoms with van der Waals surface area (Å²) in [6.07, 6.45) is 0. The second-order valence-corrected chi connectivity index (χ2v) is 4.06. The van der Waals surface area contributed by atoms with E-state index in [4.69, 9.17) is 34.8 Å². The summed E-state index contributed by atoms with van der Waals surface area (Å²) in [5, 5.41) is 0. The predicted octanol–water partition coefficient (Wildman–Crippen LogP) is 3.46. The van der Waals surface area contributed by atoms with Crippen LogP contribution in [0, 0.1) is 0 Å². The van der Waals surface area contributed by atoms with E-state index in [-0.39, 0.29) is 28.9 Å². The molecular formula is C6H13Cl4N. The molecule has 0 spiro atoms. The van der Waals surface area contributed by atoms with Crippen molar-refractivity contribution in [3.05, 3.63) is 0 Å². The van der Waals surface area contributed by atoms with Gasteiger partial charge in [0.25, 0.3) is 0 Å². The van der Waals surface area contributed by atoms with Gasteiger partial charge in [0.15, 0.2) is 0 Å². The Morgan fingerprint density at radius 2 is 1.00 bits per heavy atom. The van der Waals surface area contributed by atoms with Gasteiger partial charge in [0.2, 0.25) is 0 Å². The molecule has 1 nitrogen and oxygen atoms in total. The van der Waals surface area contributed by atoms with Gasteiger partial charge in [-0.3, -0.25) is 4.90 Å². The molecule has 5 heteroatoms. The lowest BCUT2D eigenvalue weighted by Crippen LogP contribution is -2.38. The molecule has 0 saturated heterocycles. The number of hydrogen-bond donors (Lipinski definition) is 0. The molecule has 0 amide bonds. The molecule has 3 atom stereocenters. The fourth-order valence-corrected chi connectivity index (χ4v) is 2.04. The molecule has 0 N–H and O–H groups in total. The van der Waals surface area contributed by atoms with Gasteiger partial charge in [0.05, 0.1) is 16.5 Å². The smallest absolute Gasteiger partial charge is 0.0845 e. The molecule has 0 aliphatic heterocycles. The summed E-state index contributed by atoms with van der Waals surface area (Å²) in [6.45, 7) is 5.54. The third-order valence-electron chi connectivity index (χ3n) is 1.23. The number of alkyl halides is 3. The van der Waals surface area contributed by atoms with Crippen LogP contribution in [0.3, 0.4) is 0 Å². The van der Waals surface area contributed by atoms with Crippen molar-refractivity contribution in [2.24, 2.45) is 0 Å². The van der Waals surface area contributed by atoms with Crippen molar-refractivity contribution in [3.8, 4) is 0 Å². The maximum atomic E-state index is 5.79. The first-order valence-electron chi connectivity index (χ1n) is 3.16. The topological polar surface area (TPSA) is 3.24 Å². The zero-order chi connectivity index (χ0) is 8.31. The van der Waals surface area contributed by atoms with Crippen LogP contribution >= 0.6 is 47.2 Å². The molecule has 11 heavy (non-hydrogen) atoms. The minimum absolute atomic E-state index is 0. The highest BCUT2D eigenvalue weighted by atomic mass is 35.5. The maximum Gasteiger partial charge on any atom is 0.0845 e. The van der Waals surface area contributed by atoms with E-state index in [9.17, 15) is 0 Å². The van der Waals surface area contributed by atoms with Gasteiger partial charge in [-0.15, -0.1) is 47.2 Å². The molecule has 0 aromatic heterocycles. The third-order valence-corrected chi connectivity index (χ3v) is 1.91. The predicted molar refractivity (Wildman–Crippen MR) is 55.0 cm³/mol. The number of nitrogens with zero attached hydrogens (tertiary/aromatic N) is 1. The molecular weight excluding hydrogens is 228 g/mol. The largest absolute Gasteiger partial charge is 0.255 e. The van der Waals surface area contributed by atoms with Crippen LogP contribution in [0.1, 0.15) is 20.8 Å². The van der Waals surface area contributed by atoms with Gasteiger partial charge in [-0.25, -0.2) is 0 Å². The summed E-state index contributed by atoms with van der Waals surface area (Å²) in [4.78, 5) is 1.80. The summed E-state index contributed by atoms with van der Waals surface area (Å²) in [7, 11) is 0. The monoisotopic (exact) mass is 239 g/mol. The standard InChI is InChI=1S/C6H12Cl3N.ClH/c1-4(7)10(5(2)8)6(3)9;/h4-6H,1-3H3;1H. The molecule has 0 aromatic carbocycles. The highest BCUT2D eigenvalue weighted by Crippen LogP contribution is 2.18. The van der Waals surface area contributed by atoms with Crippen LogP contribution in [0.2, 0.25) is 0 Å². The molecule has 0 heterocycles. The highest BCUT2D eigenvalue weighted by molar-refractivity contribution is 6.25. The average Bonchev–Trinajstić information content (AvgIpc) is 1.59. The first-order chi connectivity index (χ1) is 4.46. The fourth-order valence-electron chi connectivity index (χ4n) is 0.849. The van der Waals surface area contributed by atoms with Crippen LogP contribution in [-0.4, -0.2) is 21.4 Å². The summed E-state index contributed by atoms with van der Waals surface area (Å²) in [5.41, 5.74) is -0.375. The van der Waals surface area contributed by atoms with Gasteiger partial charge < -0.3 is 0 Å². The van der Waals surface area contributed by atoms with Crippen LogP contribution in [0.4, 0.5) is 0 Å². The zero-order valence-corrected chi connectivity index (χ0v) is 9.81. The van der Waals surface area contributed by atoms with Crippen molar-refractivity contribution in [1.29, 1.82) is 0 Å². The Bertz CT molecular complexity index is 75.6. The van der Waals surface area contributed by atoms with E-state index in [0.29, 0.717) is 0 Å². The Kier molecular flexibility index (Phi) is 8.80. The average molecular weight is 241 g/mol. The SMILES string of the molecule is CC(Cl)N(C(C)Cl)C(C)Cl.Cl. The van der Waals surface area contributed by atoms with Crippen molar-refractivity contribution in [3.63, 3.8) is 0 Å². The van der Waals surface area contributed by atoms with Crippen LogP contribution < -0.4 is 0 Å². The van der Waals surface area contributed by atoms with E-state index in [2.05, 4.69) is 0 Å². The van der Waals surface area contributed by atoms with Crippen molar-refractivity contribution >= 4 is 47.2 Å². The molecule has 0 rings (SSSR count). The first kappa shape index (κ1) is 14.6. The van der Waals surface area contributed by atoms with E-state index in [1.54, 1.807) is 4.90 Å². The minimum Gasteiger partial charge on any atom is -0.255 e. The Balaban J connectivity index is 0. The summed E-state index contributed by atoms with van der Waals surface area (Å²) in [5.74, 6) is 0. The highest BCUT2D eigenvalue weighted by Gasteiger charge is 2.20. The van der Waals surface area contributed by atoms with E-state index in [1.807, 2.05) is 20.8 Å². The van der Waals surface area contributed by atoms with Crippen molar-refractivity contribution < 1.29 is 0 Å². The van der Waals surface area contributed by atoms with E-state index in [0.717, 1.165) is 0 Å². The van der Waals surface area contributed by atoms with Crippen LogP contribution in [0.5, 0.6) is 0 Å². The quantitative estimate of drug-likeness (QED) is 0.540. The summed E-state index contributed by atoms with van der Waals surface area (Å²) >= 11 is 17.4. The Hall–Kier alpha value is 1.12. The second kappa shape index (κ2) is 6.62. The van der Waals surface area contributed by atoms with Gasteiger partial charge in [0, 0.05) is 0 Å². The third kappa shape index (κ3) is 5.37. The van der Waals surface area contributed by atoms with Crippen molar-refractivity contribution in [2.45, 2.75) is 37.3 Å². The first-order valence-corrected chi connectivity index (χ1v) is 4.47. The Labute approximate surface area is 89.4 Å². The lowest BCUT2D eigenvalue weighted by Gasteiger charge is -2.29. The normalized spacial score (nSPS) is 18.8. The number of hydrogen-bond acceptors (Lipinski definition) is 1. The molecule has 0 fully saturated rings. The number of halogens is 4. The number of rotatable bonds is 3. The van der Waals surface area contributed by atoms with Crippen molar-refractivity contribution in [1.82, 2.24) is 4.90 Å². The lowest BCUT2D eigenvalue weighted by molar-refractivity contribution is 0.239. The molecule has 0 radical (unpaired) electrons. The minimum atomic E-state index is -0.125. The molecule has 0 aliphatic carbocycles. The van der Waals surface area contributed by atoms with Crippen LogP contribution in [-0.2, 0) is 0 Å². The molecule has 0 bridgehead atoms. The second-order valence-electron chi connectivity index (χ2n) is 2.17. The molecule has 0 aromatic rings. The molecule has 3 unspecified atom stereocenters. The van der Waals surface area contributed by atoms with E-state index >= 15 is 0 Å². The van der Waals surface area contributed by atoms with Gasteiger partial charge in [0.1, 0.15) is 0 Å². The van der Waals surface area contributed by atoms with Gasteiger partial charge >= 0.3 is 0 Å². The van der Waals surface area contributed by atoms with Gasteiger partial charge in [-0.1, -0.05) is 0 Å². The summed E-state index contributed by atoms with van der Waals surface area (Å²) in [6, 6.07) is 0. The lowest BCUT2D eigenvalue weighted by atomic mass is 10.5. The zero-order valence-electron chi connectivity index (χ0n) is 6.72. The molecule has 70 valence electrons. The summed E-state index contributed by atoms with van der Waals surface area (Å²) < 4.78 is 0. The van der Waals surface area contributed by atoms with Crippen LogP contribution in [0.15, 0.2) is 0 Å². The maximum absolute atomic E-state index is 5.79. The van der Waals surface area contributed by atoms with Crippen molar-refractivity contribution in [2.75, 3.05) is 0 Å². The van der Waals surface area contributed by atoms with E-state index in [1.165, 1.54) is 0 Å². The van der Waals surface area contributed by atoms with Gasteiger partial charge in [-0.2, -0.15) is 0 Å². The van der Waals surface area contributed by atoms with Gasteiger partial charge in [-0.05, 0) is 20.8 Å². The van der Waals surface area contributed by atoms with Crippen LogP contribution in [0.25, 0.3) is 0 Å². The Morgan fingerprint density at radius 1 is 0.818 bits per heavy atom. The van der Waals surface area contributed by atoms with E-state index < -0.39 is 0 Å². The molecule has 0 saturated carbocycles. The Morgan fingerprint density at radius 3 is 1.00 bits per heavy atom.